The molecule has 2 N–H and O–H groups in total. The molecule has 1 aliphatic heterocycles. The van der Waals surface area contributed by atoms with Gasteiger partial charge in [-0.25, -0.2) is 0 Å². The molecule has 134 valence electrons. The van der Waals surface area contributed by atoms with E-state index in [4.69, 9.17) is 22.1 Å². The Balaban J connectivity index is 1.69. The number of pyridine rings is 1. The van der Waals surface area contributed by atoms with Crippen LogP contribution in [0.4, 0.5) is 5.69 Å². The molecule has 4 rings (SSSR count). The van der Waals surface area contributed by atoms with E-state index in [0.717, 1.165) is 62.4 Å². The van der Waals surface area contributed by atoms with E-state index in [1.54, 1.807) is 0 Å². The predicted octanol–water partition coefficient (Wildman–Crippen LogP) is 4.00. The van der Waals surface area contributed by atoms with E-state index >= 15 is 0 Å². The molecule has 4 nitrogen and oxygen atoms in total. The molecule has 0 spiro atoms. The highest BCUT2D eigenvalue weighted by atomic mass is 35.5. The fourth-order valence-electron chi connectivity index (χ4n) is 4.22. The molecule has 1 aromatic heterocycles. The van der Waals surface area contributed by atoms with E-state index in [-0.39, 0.29) is 0 Å². The first-order chi connectivity index (χ1) is 12.2. The Morgan fingerprint density at radius 1 is 1.16 bits per heavy atom. The lowest BCUT2D eigenvalue weighted by Crippen LogP contribution is -2.43. The first-order valence-electron chi connectivity index (χ1n) is 9.35. The summed E-state index contributed by atoms with van der Waals surface area (Å²) in [6.07, 6.45) is 7.59. The Morgan fingerprint density at radius 3 is 2.76 bits per heavy atom. The average molecular weight is 360 g/mol. The molecule has 1 aromatic carbocycles. The predicted molar refractivity (Wildman–Crippen MR) is 103 cm³/mol. The molecule has 1 saturated carbocycles. The second-order valence-corrected chi connectivity index (χ2v) is 7.88. The lowest BCUT2D eigenvalue weighted by Gasteiger charge is -2.39. The standard InChI is InChI=1S/C20H26ClN3O/c21-15-1-6-18-19(11-15)23-9-7-20(18)24(12-14-8-10-25-13-14)17-4-2-16(22)3-5-17/h1,6-7,9,11,14,16-17H,2-5,8,10,12-13,22H2. The fourth-order valence-corrected chi connectivity index (χ4v) is 4.39. The third kappa shape index (κ3) is 3.76. The van der Waals surface area contributed by atoms with Crippen molar-refractivity contribution in [2.24, 2.45) is 11.7 Å². The summed E-state index contributed by atoms with van der Waals surface area (Å²) in [4.78, 5) is 7.12. The second kappa shape index (κ2) is 7.48. The number of hydrogen-bond donors (Lipinski definition) is 1. The molecule has 1 unspecified atom stereocenters. The van der Waals surface area contributed by atoms with Crippen LogP contribution in [0.15, 0.2) is 30.5 Å². The van der Waals surface area contributed by atoms with Gasteiger partial charge in [-0.15, -0.1) is 0 Å². The fraction of sp³-hybridized carbons (Fsp3) is 0.550. The summed E-state index contributed by atoms with van der Waals surface area (Å²) in [7, 11) is 0. The van der Waals surface area contributed by atoms with E-state index < -0.39 is 0 Å². The van der Waals surface area contributed by atoms with Crippen LogP contribution >= 0.6 is 11.6 Å². The van der Waals surface area contributed by atoms with Gasteiger partial charge >= 0.3 is 0 Å². The minimum Gasteiger partial charge on any atom is -0.381 e. The molecule has 0 bridgehead atoms. The maximum absolute atomic E-state index is 6.17. The van der Waals surface area contributed by atoms with E-state index in [2.05, 4.69) is 22.0 Å². The van der Waals surface area contributed by atoms with Gasteiger partial charge in [0.1, 0.15) is 0 Å². The smallest absolute Gasteiger partial charge is 0.0737 e. The number of ether oxygens (including phenoxy) is 1. The van der Waals surface area contributed by atoms with Gasteiger partial charge in [0.05, 0.1) is 12.1 Å². The maximum atomic E-state index is 6.17. The molecule has 2 heterocycles. The van der Waals surface area contributed by atoms with Crippen molar-refractivity contribution >= 4 is 28.2 Å². The van der Waals surface area contributed by atoms with E-state index in [1.165, 1.54) is 11.1 Å². The molecule has 1 saturated heterocycles. The number of anilines is 1. The molecule has 2 aliphatic rings. The third-order valence-electron chi connectivity index (χ3n) is 5.65. The SMILES string of the molecule is NC1CCC(N(CC2CCOC2)c2ccnc3cc(Cl)ccc23)CC1. The van der Waals surface area contributed by atoms with Crippen LogP contribution in [0.2, 0.25) is 5.02 Å². The normalized spacial score (nSPS) is 26.9. The van der Waals surface area contributed by atoms with Gasteiger partial charge in [-0.05, 0) is 56.4 Å². The van der Waals surface area contributed by atoms with Crippen molar-refractivity contribution in [3.8, 4) is 0 Å². The lowest BCUT2D eigenvalue weighted by atomic mass is 9.89. The van der Waals surface area contributed by atoms with Crippen molar-refractivity contribution < 1.29 is 4.74 Å². The van der Waals surface area contributed by atoms with Gasteiger partial charge in [-0.3, -0.25) is 4.98 Å². The van der Waals surface area contributed by atoms with Crippen LogP contribution in [0.25, 0.3) is 10.9 Å². The molecule has 0 radical (unpaired) electrons. The van der Waals surface area contributed by atoms with Crippen LogP contribution in [0.3, 0.4) is 0 Å². The van der Waals surface area contributed by atoms with Crippen molar-refractivity contribution in [1.82, 2.24) is 4.98 Å². The molecule has 5 heteroatoms. The highest BCUT2D eigenvalue weighted by Crippen LogP contribution is 2.34. The van der Waals surface area contributed by atoms with Gasteiger partial charge in [-0.2, -0.15) is 0 Å². The second-order valence-electron chi connectivity index (χ2n) is 7.44. The van der Waals surface area contributed by atoms with Crippen LogP contribution in [0.1, 0.15) is 32.1 Å². The quantitative estimate of drug-likeness (QED) is 0.896. The zero-order valence-corrected chi connectivity index (χ0v) is 15.3. The topological polar surface area (TPSA) is 51.4 Å². The summed E-state index contributed by atoms with van der Waals surface area (Å²) < 4.78 is 5.62. The Kier molecular flexibility index (Phi) is 5.11. The zero-order valence-electron chi connectivity index (χ0n) is 14.5. The Bertz CT molecular complexity index is 724. The number of fused-ring (bicyclic) bond motifs is 1. The molecule has 25 heavy (non-hydrogen) atoms. The highest BCUT2D eigenvalue weighted by Gasteiger charge is 2.29. The van der Waals surface area contributed by atoms with Gasteiger partial charge in [-0.1, -0.05) is 11.6 Å². The summed E-state index contributed by atoms with van der Waals surface area (Å²) in [6, 6.07) is 9.08. The van der Waals surface area contributed by atoms with Crippen molar-refractivity contribution in [2.75, 3.05) is 24.7 Å². The molecule has 2 fully saturated rings. The largest absolute Gasteiger partial charge is 0.381 e. The molecular weight excluding hydrogens is 334 g/mol. The van der Waals surface area contributed by atoms with E-state index in [0.29, 0.717) is 18.0 Å². The minimum atomic E-state index is 0.362. The van der Waals surface area contributed by atoms with Crippen molar-refractivity contribution in [3.05, 3.63) is 35.5 Å². The van der Waals surface area contributed by atoms with Gasteiger partial charge in [0.2, 0.25) is 0 Å². The Labute approximate surface area is 154 Å². The first-order valence-corrected chi connectivity index (χ1v) is 9.73. The number of nitrogens with two attached hydrogens (primary N) is 1. The molecule has 2 aromatic rings. The zero-order chi connectivity index (χ0) is 17.2. The van der Waals surface area contributed by atoms with Crippen LogP contribution < -0.4 is 10.6 Å². The molecular formula is C20H26ClN3O. The summed E-state index contributed by atoms with van der Waals surface area (Å²) >= 11 is 6.17. The number of aromatic nitrogens is 1. The van der Waals surface area contributed by atoms with Crippen molar-refractivity contribution in [2.45, 2.75) is 44.2 Å². The van der Waals surface area contributed by atoms with Gasteiger partial charge in [0.25, 0.3) is 0 Å². The van der Waals surface area contributed by atoms with Crippen LogP contribution in [-0.4, -0.2) is 36.8 Å². The highest BCUT2D eigenvalue weighted by molar-refractivity contribution is 6.31. The number of rotatable bonds is 4. The number of halogens is 1. The Hall–Kier alpha value is -1.36. The van der Waals surface area contributed by atoms with Crippen LogP contribution in [0.5, 0.6) is 0 Å². The number of benzene rings is 1. The summed E-state index contributed by atoms with van der Waals surface area (Å²) in [5.74, 6) is 0.603. The third-order valence-corrected chi connectivity index (χ3v) is 5.89. The average Bonchev–Trinajstić information content (AvgIpc) is 3.13. The molecule has 1 atom stereocenters. The van der Waals surface area contributed by atoms with E-state index in [9.17, 15) is 0 Å². The van der Waals surface area contributed by atoms with Crippen molar-refractivity contribution in [3.63, 3.8) is 0 Å². The van der Waals surface area contributed by atoms with Gasteiger partial charge in [0.15, 0.2) is 0 Å². The summed E-state index contributed by atoms with van der Waals surface area (Å²) in [6.45, 7) is 2.81. The monoisotopic (exact) mass is 359 g/mol. The van der Waals surface area contributed by atoms with Crippen LogP contribution in [0, 0.1) is 5.92 Å². The number of nitrogens with zero attached hydrogens (tertiary/aromatic N) is 2. The van der Waals surface area contributed by atoms with Gasteiger partial charge < -0.3 is 15.4 Å². The van der Waals surface area contributed by atoms with Crippen LogP contribution in [-0.2, 0) is 4.74 Å². The summed E-state index contributed by atoms with van der Waals surface area (Å²) in [5.41, 5.74) is 8.38. The summed E-state index contributed by atoms with van der Waals surface area (Å²) in [5, 5.41) is 1.91. The Morgan fingerprint density at radius 2 is 2.00 bits per heavy atom. The van der Waals surface area contributed by atoms with Gasteiger partial charge in [0, 0.05) is 53.4 Å². The number of hydrogen-bond acceptors (Lipinski definition) is 4. The van der Waals surface area contributed by atoms with Crippen molar-refractivity contribution in [1.29, 1.82) is 0 Å². The molecule has 1 aliphatic carbocycles. The maximum Gasteiger partial charge on any atom is 0.0737 e. The lowest BCUT2D eigenvalue weighted by molar-refractivity contribution is 0.185. The first kappa shape index (κ1) is 17.1. The van der Waals surface area contributed by atoms with E-state index in [1.807, 2.05) is 18.3 Å². The molecule has 0 amide bonds. The minimum absolute atomic E-state index is 0.362.